The molecule has 9 aromatic rings. The zero-order chi connectivity index (χ0) is 36.3. The van der Waals surface area contributed by atoms with Crippen LogP contribution in [-0.2, 0) is 10.8 Å². The van der Waals surface area contributed by atoms with Crippen LogP contribution in [0.4, 0.5) is 17.1 Å². The molecule has 0 unspecified atom stereocenters. The average molecular weight is 694 g/mol. The number of para-hydroxylation sites is 1. The number of hydrogen-bond acceptors (Lipinski definition) is 2. The fourth-order valence-corrected chi connectivity index (χ4v) is 9.83. The average Bonchev–Trinajstić information content (AvgIpc) is 3.78. The van der Waals surface area contributed by atoms with Crippen molar-refractivity contribution in [2.45, 2.75) is 38.5 Å². The van der Waals surface area contributed by atoms with Crippen LogP contribution in [0, 0.1) is 0 Å². The van der Waals surface area contributed by atoms with Crippen molar-refractivity contribution in [1.29, 1.82) is 0 Å². The summed E-state index contributed by atoms with van der Waals surface area (Å²) in [6.07, 6.45) is 0. The van der Waals surface area contributed by atoms with Gasteiger partial charge in [-0.2, -0.15) is 0 Å². The predicted octanol–water partition coefficient (Wildman–Crippen LogP) is 14.5. The Balaban J connectivity index is 1.16. The van der Waals surface area contributed by atoms with E-state index in [-0.39, 0.29) is 10.8 Å². The Kier molecular flexibility index (Phi) is 6.39. The van der Waals surface area contributed by atoms with Crippen LogP contribution in [0.15, 0.2) is 168 Å². The molecule has 0 fully saturated rings. The second kappa shape index (κ2) is 11.1. The highest BCUT2D eigenvalue weighted by molar-refractivity contribution is 6.15. The summed E-state index contributed by atoms with van der Waals surface area (Å²) in [5, 5.41) is 4.60. The minimum atomic E-state index is -0.195. The monoisotopic (exact) mass is 693 g/mol. The van der Waals surface area contributed by atoms with E-state index in [4.69, 9.17) is 4.42 Å². The van der Waals surface area contributed by atoms with Crippen LogP contribution in [-0.4, -0.2) is 0 Å². The van der Waals surface area contributed by atoms with Gasteiger partial charge in [0.1, 0.15) is 11.2 Å². The lowest BCUT2D eigenvalue weighted by Crippen LogP contribution is -2.21. The van der Waals surface area contributed by atoms with Gasteiger partial charge in [0.2, 0.25) is 0 Å². The molecule has 54 heavy (non-hydrogen) atoms. The summed E-state index contributed by atoms with van der Waals surface area (Å²) >= 11 is 0. The molecule has 2 aliphatic carbocycles. The molecular formula is C52H39NO. The van der Waals surface area contributed by atoms with Crippen LogP contribution in [0.25, 0.3) is 66.1 Å². The number of anilines is 3. The Morgan fingerprint density at radius 3 is 1.91 bits per heavy atom. The van der Waals surface area contributed by atoms with Gasteiger partial charge in [-0.05, 0) is 97.9 Å². The summed E-state index contributed by atoms with van der Waals surface area (Å²) in [5.41, 5.74) is 18.1. The van der Waals surface area contributed by atoms with Crippen molar-refractivity contribution < 1.29 is 4.42 Å². The van der Waals surface area contributed by atoms with Gasteiger partial charge in [0, 0.05) is 38.2 Å². The molecule has 11 rings (SSSR count). The van der Waals surface area contributed by atoms with Gasteiger partial charge in [0.15, 0.2) is 0 Å². The molecule has 1 heterocycles. The van der Waals surface area contributed by atoms with E-state index in [0.29, 0.717) is 0 Å². The van der Waals surface area contributed by atoms with Crippen molar-refractivity contribution in [3.63, 3.8) is 0 Å². The van der Waals surface area contributed by atoms with Crippen molar-refractivity contribution in [2.24, 2.45) is 0 Å². The lowest BCUT2D eigenvalue weighted by molar-refractivity contribution is 0.658. The van der Waals surface area contributed by atoms with Gasteiger partial charge in [-0.15, -0.1) is 0 Å². The highest BCUT2D eigenvalue weighted by Gasteiger charge is 2.40. The third kappa shape index (κ3) is 4.23. The van der Waals surface area contributed by atoms with E-state index in [0.717, 1.165) is 44.3 Å². The first-order valence-electron chi connectivity index (χ1n) is 19.0. The Labute approximate surface area is 315 Å². The maximum atomic E-state index is 6.56. The van der Waals surface area contributed by atoms with Gasteiger partial charge >= 0.3 is 0 Å². The molecule has 1 aromatic heterocycles. The second-order valence-electron chi connectivity index (χ2n) is 16.1. The zero-order valence-electron chi connectivity index (χ0n) is 30.9. The van der Waals surface area contributed by atoms with Gasteiger partial charge in [-0.3, -0.25) is 0 Å². The van der Waals surface area contributed by atoms with Gasteiger partial charge < -0.3 is 9.32 Å². The van der Waals surface area contributed by atoms with E-state index in [1.165, 1.54) is 61.1 Å². The SMILES string of the molecule is CC1(C)c2ccccc2-c2ccc(N(c3ccccc3-c3ccc4oc5c6ccccc6ccc5c4c3)c3cccc4c3C(C)(C)c3ccccc3-4)cc21. The largest absolute Gasteiger partial charge is 0.455 e. The minimum absolute atomic E-state index is 0.126. The van der Waals surface area contributed by atoms with E-state index in [1.54, 1.807) is 0 Å². The Morgan fingerprint density at radius 1 is 0.426 bits per heavy atom. The lowest BCUT2D eigenvalue weighted by atomic mass is 9.80. The summed E-state index contributed by atoms with van der Waals surface area (Å²) < 4.78 is 6.56. The molecular weight excluding hydrogens is 655 g/mol. The third-order valence-corrected chi connectivity index (χ3v) is 12.4. The molecule has 0 aliphatic heterocycles. The highest BCUT2D eigenvalue weighted by atomic mass is 16.3. The van der Waals surface area contributed by atoms with E-state index < -0.39 is 0 Å². The topological polar surface area (TPSA) is 16.4 Å². The number of rotatable bonds is 4. The van der Waals surface area contributed by atoms with E-state index >= 15 is 0 Å². The maximum absolute atomic E-state index is 6.56. The lowest BCUT2D eigenvalue weighted by Gasteiger charge is -2.34. The van der Waals surface area contributed by atoms with E-state index in [1.807, 2.05) is 0 Å². The van der Waals surface area contributed by atoms with Crippen LogP contribution in [0.5, 0.6) is 0 Å². The Morgan fingerprint density at radius 2 is 1.07 bits per heavy atom. The molecule has 2 heteroatoms. The molecule has 0 saturated heterocycles. The molecule has 258 valence electrons. The van der Waals surface area contributed by atoms with Crippen molar-refractivity contribution in [2.75, 3.05) is 4.90 Å². The van der Waals surface area contributed by atoms with Gasteiger partial charge in [-0.1, -0.05) is 149 Å². The van der Waals surface area contributed by atoms with Crippen molar-refractivity contribution in [1.82, 2.24) is 0 Å². The minimum Gasteiger partial charge on any atom is -0.455 e. The highest BCUT2D eigenvalue weighted by Crippen LogP contribution is 2.56. The van der Waals surface area contributed by atoms with E-state index in [9.17, 15) is 0 Å². The first-order chi connectivity index (χ1) is 26.3. The summed E-state index contributed by atoms with van der Waals surface area (Å²) in [7, 11) is 0. The first-order valence-corrected chi connectivity index (χ1v) is 19.0. The molecule has 2 nitrogen and oxygen atoms in total. The normalized spacial score (nSPS) is 14.6. The molecule has 0 amide bonds. The molecule has 0 N–H and O–H groups in total. The van der Waals surface area contributed by atoms with E-state index in [2.05, 4.69) is 196 Å². The molecule has 0 saturated carbocycles. The quantitative estimate of drug-likeness (QED) is 0.182. The van der Waals surface area contributed by atoms with Crippen LogP contribution in [0.2, 0.25) is 0 Å². The third-order valence-electron chi connectivity index (χ3n) is 12.4. The zero-order valence-corrected chi connectivity index (χ0v) is 30.9. The van der Waals surface area contributed by atoms with Gasteiger partial charge in [-0.25, -0.2) is 0 Å². The maximum Gasteiger partial charge on any atom is 0.143 e. The molecule has 0 spiro atoms. The van der Waals surface area contributed by atoms with Crippen molar-refractivity contribution in [3.8, 4) is 33.4 Å². The van der Waals surface area contributed by atoms with Crippen LogP contribution >= 0.6 is 0 Å². The number of benzene rings is 8. The molecule has 0 atom stereocenters. The number of hydrogen-bond donors (Lipinski definition) is 0. The predicted molar refractivity (Wildman–Crippen MR) is 226 cm³/mol. The number of nitrogens with zero attached hydrogens (tertiary/aromatic N) is 1. The van der Waals surface area contributed by atoms with Crippen molar-refractivity contribution >= 4 is 49.8 Å². The number of fused-ring (bicyclic) bond motifs is 11. The standard InChI is InChI=1S/C52H39NO/c1-51(2)43-20-10-7-17-37(43)39-28-26-34(31-45(39)51)53(47-23-13-19-40-38-18-8-11-21-44(38)52(3,4)49(40)47)46-22-12-9-15-35(46)33-25-29-48-42(30-33)41-27-24-32-14-5-6-16-36(32)50(41)54-48/h5-31H,1-4H3. The summed E-state index contributed by atoms with van der Waals surface area (Å²) in [6, 6.07) is 60.4. The second-order valence-corrected chi connectivity index (χ2v) is 16.1. The summed E-state index contributed by atoms with van der Waals surface area (Å²) in [6.45, 7) is 9.51. The van der Waals surface area contributed by atoms with Crippen LogP contribution < -0.4 is 4.90 Å². The fraction of sp³-hybridized carbons (Fsp3) is 0.115. The van der Waals surface area contributed by atoms with Gasteiger partial charge in [0.05, 0.1) is 11.4 Å². The molecule has 0 bridgehead atoms. The fourth-order valence-electron chi connectivity index (χ4n) is 9.83. The molecule has 8 aromatic carbocycles. The smallest absolute Gasteiger partial charge is 0.143 e. The summed E-state index contributed by atoms with van der Waals surface area (Å²) in [5.74, 6) is 0. The molecule has 0 radical (unpaired) electrons. The van der Waals surface area contributed by atoms with Crippen LogP contribution in [0.3, 0.4) is 0 Å². The number of furan rings is 1. The van der Waals surface area contributed by atoms with Crippen molar-refractivity contribution in [3.05, 3.63) is 186 Å². The van der Waals surface area contributed by atoms with Gasteiger partial charge in [0.25, 0.3) is 0 Å². The Bertz CT molecular complexity index is 3010. The summed E-state index contributed by atoms with van der Waals surface area (Å²) in [4.78, 5) is 2.53. The van der Waals surface area contributed by atoms with Crippen LogP contribution in [0.1, 0.15) is 49.9 Å². The Hall–Kier alpha value is -6.38. The first kappa shape index (κ1) is 31.2. The molecule has 2 aliphatic rings.